The minimum atomic E-state index is -3.61. The molecule has 0 saturated carbocycles. The second kappa shape index (κ2) is 5.69. The second-order valence-corrected chi connectivity index (χ2v) is 6.67. The summed E-state index contributed by atoms with van der Waals surface area (Å²) in [5.74, 6) is -1.36. The van der Waals surface area contributed by atoms with E-state index in [-0.39, 0.29) is 16.2 Å². The number of hydrogen-bond donors (Lipinski definition) is 1. The molecule has 0 bridgehead atoms. The van der Waals surface area contributed by atoms with E-state index >= 15 is 0 Å². The molecule has 112 valence electrons. The highest BCUT2D eigenvalue weighted by Gasteiger charge is 2.19. The third-order valence-electron chi connectivity index (χ3n) is 3.06. The van der Waals surface area contributed by atoms with Crippen LogP contribution in [0.5, 0.6) is 0 Å². The predicted octanol–water partition coefficient (Wildman–Crippen LogP) is 1.88. The van der Waals surface area contributed by atoms with Crippen LogP contribution in [0.1, 0.15) is 28.7 Å². The SMILES string of the molecule is CCn1nc(C)cc1CS(=O)(=O)c1cccc(C(=O)O)c1. The van der Waals surface area contributed by atoms with E-state index < -0.39 is 15.8 Å². The Morgan fingerprint density at radius 2 is 2.05 bits per heavy atom. The lowest BCUT2D eigenvalue weighted by Crippen LogP contribution is -2.11. The van der Waals surface area contributed by atoms with Crippen molar-refractivity contribution >= 4 is 15.8 Å². The number of carboxylic acid groups (broad SMARTS) is 1. The third-order valence-corrected chi connectivity index (χ3v) is 4.71. The summed E-state index contributed by atoms with van der Waals surface area (Å²) in [6, 6.07) is 7.10. The Morgan fingerprint density at radius 3 is 2.67 bits per heavy atom. The molecular weight excluding hydrogens is 292 g/mol. The molecule has 1 heterocycles. The van der Waals surface area contributed by atoms with Crippen molar-refractivity contribution in [3.63, 3.8) is 0 Å². The van der Waals surface area contributed by atoms with Gasteiger partial charge in [0.15, 0.2) is 9.84 Å². The lowest BCUT2D eigenvalue weighted by molar-refractivity contribution is 0.0696. The van der Waals surface area contributed by atoms with E-state index in [9.17, 15) is 13.2 Å². The highest BCUT2D eigenvalue weighted by Crippen LogP contribution is 2.18. The summed E-state index contributed by atoms with van der Waals surface area (Å²) in [7, 11) is -3.61. The quantitative estimate of drug-likeness (QED) is 0.911. The Bertz CT molecular complexity index is 778. The highest BCUT2D eigenvalue weighted by molar-refractivity contribution is 7.90. The number of sulfone groups is 1. The van der Waals surface area contributed by atoms with Gasteiger partial charge in [-0.25, -0.2) is 13.2 Å². The maximum atomic E-state index is 12.4. The van der Waals surface area contributed by atoms with Gasteiger partial charge in [0.1, 0.15) is 0 Å². The molecule has 0 aliphatic heterocycles. The number of carboxylic acids is 1. The van der Waals surface area contributed by atoms with Crippen LogP contribution in [-0.4, -0.2) is 29.3 Å². The van der Waals surface area contributed by atoms with E-state index in [4.69, 9.17) is 5.11 Å². The first-order chi connectivity index (χ1) is 9.83. The van der Waals surface area contributed by atoms with Crippen molar-refractivity contribution < 1.29 is 18.3 Å². The number of aromatic nitrogens is 2. The van der Waals surface area contributed by atoms with E-state index in [0.29, 0.717) is 12.2 Å². The molecule has 0 fully saturated rings. The number of benzene rings is 1. The molecule has 0 radical (unpaired) electrons. The van der Waals surface area contributed by atoms with Crippen LogP contribution in [0.25, 0.3) is 0 Å². The first kappa shape index (κ1) is 15.2. The van der Waals surface area contributed by atoms with Gasteiger partial charge < -0.3 is 5.11 Å². The Kier molecular flexibility index (Phi) is 4.13. The zero-order chi connectivity index (χ0) is 15.6. The fourth-order valence-electron chi connectivity index (χ4n) is 2.09. The van der Waals surface area contributed by atoms with Crippen molar-refractivity contribution in [2.45, 2.75) is 31.0 Å². The number of rotatable bonds is 5. The molecule has 1 N–H and O–H groups in total. The van der Waals surface area contributed by atoms with Gasteiger partial charge in [0.25, 0.3) is 0 Å². The Hall–Kier alpha value is -2.15. The number of carbonyl (C=O) groups is 1. The van der Waals surface area contributed by atoms with Crippen molar-refractivity contribution in [1.82, 2.24) is 9.78 Å². The van der Waals surface area contributed by atoms with Crippen LogP contribution >= 0.6 is 0 Å². The van der Waals surface area contributed by atoms with Crippen LogP contribution in [0, 0.1) is 6.92 Å². The van der Waals surface area contributed by atoms with Crippen LogP contribution in [0.2, 0.25) is 0 Å². The predicted molar refractivity (Wildman–Crippen MR) is 76.9 cm³/mol. The molecular formula is C14H16N2O4S. The fraction of sp³-hybridized carbons (Fsp3) is 0.286. The summed E-state index contributed by atoms with van der Waals surface area (Å²) in [5, 5.41) is 13.2. The van der Waals surface area contributed by atoms with E-state index in [1.54, 1.807) is 17.7 Å². The van der Waals surface area contributed by atoms with Crippen LogP contribution in [0.3, 0.4) is 0 Å². The molecule has 2 aromatic rings. The van der Waals surface area contributed by atoms with Gasteiger partial charge in [-0.2, -0.15) is 5.10 Å². The van der Waals surface area contributed by atoms with E-state index in [1.165, 1.54) is 24.3 Å². The summed E-state index contributed by atoms with van der Waals surface area (Å²) in [6.07, 6.45) is 0. The maximum Gasteiger partial charge on any atom is 0.335 e. The minimum absolute atomic E-state index is 0.00362. The monoisotopic (exact) mass is 308 g/mol. The number of hydrogen-bond acceptors (Lipinski definition) is 4. The molecule has 2 rings (SSSR count). The van der Waals surface area contributed by atoms with E-state index in [2.05, 4.69) is 5.10 Å². The van der Waals surface area contributed by atoms with Crippen LogP contribution < -0.4 is 0 Å². The normalized spacial score (nSPS) is 11.5. The molecule has 6 nitrogen and oxygen atoms in total. The third kappa shape index (κ3) is 3.30. The van der Waals surface area contributed by atoms with Gasteiger partial charge in [0.2, 0.25) is 0 Å². The van der Waals surface area contributed by atoms with Crippen LogP contribution in [-0.2, 0) is 22.1 Å². The standard InChI is InChI=1S/C14H16N2O4S/c1-3-16-12(7-10(2)15-16)9-21(19,20)13-6-4-5-11(8-13)14(17)18/h4-8H,3,9H2,1-2H3,(H,17,18). The number of aromatic carboxylic acids is 1. The first-order valence-corrected chi connectivity index (χ1v) is 8.08. The molecule has 1 aromatic heterocycles. The zero-order valence-corrected chi connectivity index (χ0v) is 12.6. The highest BCUT2D eigenvalue weighted by atomic mass is 32.2. The maximum absolute atomic E-state index is 12.4. The summed E-state index contributed by atoms with van der Waals surface area (Å²) in [4.78, 5) is 10.9. The Labute approximate surface area is 123 Å². The topological polar surface area (TPSA) is 89.3 Å². The van der Waals surface area contributed by atoms with Gasteiger partial charge in [-0.3, -0.25) is 4.68 Å². The van der Waals surface area contributed by atoms with Crippen molar-refractivity contribution in [3.8, 4) is 0 Å². The minimum Gasteiger partial charge on any atom is -0.478 e. The molecule has 0 amide bonds. The van der Waals surface area contributed by atoms with Crippen molar-refractivity contribution in [2.75, 3.05) is 0 Å². The van der Waals surface area contributed by atoms with E-state index in [0.717, 1.165) is 5.69 Å². The molecule has 0 atom stereocenters. The average molecular weight is 308 g/mol. The Balaban J connectivity index is 2.38. The number of aryl methyl sites for hydroxylation is 2. The average Bonchev–Trinajstić information content (AvgIpc) is 2.78. The number of nitrogens with zero attached hydrogens (tertiary/aromatic N) is 2. The molecule has 21 heavy (non-hydrogen) atoms. The lowest BCUT2D eigenvalue weighted by atomic mass is 10.2. The van der Waals surface area contributed by atoms with Gasteiger partial charge in [0, 0.05) is 6.54 Å². The summed E-state index contributed by atoms with van der Waals surface area (Å²) < 4.78 is 26.5. The lowest BCUT2D eigenvalue weighted by Gasteiger charge is -2.07. The fourth-order valence-corrected chi connectivity index (χ4v) is 3.47. The summed E-state index contributed by atoms with van der Waals surface area (Å²) >= 11 is 0. The molecule has 0 aliphatic rings. The molecule has 0 spiro atoms. The van der Waals surface area contributed by atoms with Gasteiger partial charge in [-0.05, 0) is 38.1 Å². The zero-order valence-electron chi connectivity index (χ0n) is 11.8. The van der Waals surface area contributed by atoms with Crippen LogP contribution in [0.4, 0.5) is 0 Å². The van der Waals surface area contributed by atoms with Crippen molar-refractivity contribution in [2.24, 2.45) is 0 Å². The summed E-state index contributed by atoms with van der Waals surface area (Å²) in [5.41, 5.74) is 1.30. The molecule has 7 heteroatoms. The molecule has 1 aromatic carbocycles. The van der Waals surface area contributed by atoms with Gasteiger partial charge >= 0.3 is 5.97 Å². The summed E-state index contributed by atoms with van der Waals surface area (Å²) in [6.45, 7) is 4.26. The smallest absolute Gasteiger partial charge is 0.335 e. The van der Waals surface area contributed by atoms with Gasteiger partial charge in [0.05, 0.1) is 27.6 Å². The molecule has 0 unspecified atom stereocenters. The first-order valence-electron chi connectivity index (χ1n) is 6.43. The van der Waals surface area contributed by atoms with Crippen molar-refractivity contribution in [1.29, 1.82) is 0 Å². The van der Waals surface area contributed by atoms with Gasteiger partial charge in [-0.15, -0.1) is 0 Å². The van der Waals surface area contributed by atoms with Gasteiger partial charge in [-0.1, -0.05) is 6.07 Å². The van der Waals surface area contributed by atoms with Crippen molar-refractivity contribution in [3.05, 3.63) is 47.3 Å². The Morgan fingerprint density at radius 1 is 1.33 bits per heavy atom. The second-order valence-electron chi connectivity index (χ2n) is 4.68. The largest absolute Gasteiger partial charge is 0.478 e. The van der Waals surface area contributed by atoms with E-state index in [1.807, 2.05) is 6.92 Å². The van der Waals surface area contributed by atoms with Crippen LogP contribution in [0.15, 0.2) is 35.2 Å². The molecule has 0 saturated heterocycles. The molecule has 0 aliphatic carbocycles.